The number of Topliss-reactive ketones (excluding diaryl/α,β-unsaturated/α-hetero) is 1. The number of benzene rings is 1. The molecule has 1 rings (SSSR count). The highest BCUT2D eigenvalue weighted by Crippen LogP contribution is 2.25. The molecular weight excluding hydrogens is 246 g/mol. The molecule has 0 heterocycles. The number of carbonyl (C=O) groups excluding carboxylic acids is 2. The molecule has 0 aliphatic carbocycles. The van der Waals surface area contributed by atoms with E-state index in [1.807, 2.05) is 13.8 Å². The van der Waals surface area contributed by atoms with Gasteiger partial charge in [0.2, 0.25) is 0 Å². The third-order valence-electron chi connectivity index (χ3n) is 2.90. The summed E-state index contributed by atoms with van der Waals surface area (Å²) in [5.74, 6) is -0.176. The second kappa shape index (κ2) is 6.78. The van der Waals surface area contributed by atoms with E-state index in [0.29, 0.717) is 24.6 Å². The van der Waals surface area contributed by atoms with Crippen LogP contribution in [-0.4, -0.2) is 43.9 Å². The summed E-state index contributed by atoms with van der Waals surface area (Å²) >= 11 is 0. The summed E-state index contributed by atoms with van der Waals surface area (Å²) in [4.78, 5) is 25.7. The topological polar surface area (TPSA) is 55.8 Å². The highest BCUT2D eigenvalue weighted by Gasteiger charge is 2.24. The number of methoxy groups -OCH3 is 2. The van der Waals surface area contributed by atoms with Crippen LogP contribution in [0.2, 0.25) is 0 Å². The lowest BCUT2D eigenvalue weighted by Crippen LogP contribution is -2.36. The Kier molecular flexibility index (Phi) is 5.36. The van der Waals surface area contributed by atoms with E-state index in [-0.39, 0.29) is 5.56 Å². The first-order valence-electron chi connectivity index (χ1n) is 6.14. The average molecular weight is 265 g/mol. The Morgan fingerprint density at radius 3 is 2.21 bits per heavy atom. The standard InChI is InChI=1S/C14H19NO4/c1-5-15(6-2)14(17)13(16)11-8-7-10(18-3)9-12(11)19-4/h7-9H,5-6H2,1-4H3. The summed E-state index contributed by atoms with van der Waals surface area (Å²) in [7, 11) is 2.98. The highest BCUT2D eigenvalue weighted by molar-refractivity contribution is 6.43. The van der Waals surface area contributed by atoms with Gasteiger partial charge < -0.3 is 14.4 Å². The van der Waals surface area contributed by atoms with Crippen LogP contribution in [0, 0.1) is 0 Å². The van der Waals surface area contributed by atoms with E-state index in [1.165, 1.54) is 19.1 Å². The largest absolute Gasteiger partial charge is 0.497 e. The Morgan fingerprint density at radius 1 is 1.11 bits per heavy atom. The van der Waals surface area contributed by atoms with Gasteiger partial charge in [-0.2, -0.15) is 0 Å². The Balaban J connectivity index is 3.08. The second-order valence-corrected chi connectivity index (χ2v) is 3.87. The van der Waals surface area contributed by atoms with Gasteiger partial charge >= 0.3 is 0 Å². The molecule has 0 aliphatic heterocycles. The molecule has 5 heteroatoms. The molecule has 0 aromatic heterocycles. The van der Waals surface area contributed by atoms with Gasteiger partial charge in [-0.3, -0.25) is 9.59 Å². The van der Waals surface area contributed by atoms with Crippen molar-refractivity contribution in [1.82, 2.24) is 4.90 Å². The molecule has 0 aliphatic rings. The van der Waals surface area contributed by atoms with Crippen molar-refractivity contribution in [3.8, 4) is 11.5 Å². The van der Waals surface area contributed by atoms with E-state index in [2.05, 4.69) is 0 Å². The number of rotatable bonds is 6. The molecule has 0 fully saturated rings. The van der Waals surface area contributed by atoms with Crippen molar-refractivity contribution in [2.75, 3.05) is 27.3 Å². The molecule has 5 nitrogen and oxygen atoms in total. The smallest absolute Gasteiger partial charge is 0.295 e. The van der Waals surface area contributed by atoms with Crippen molar-refractivity contribution in [2.45, 2.75) is 13.8 Å². The summed E-state index contributed by atoms with van der Waals surface area (Å²) in [6.07, 6.45) is 0. The SMILES string of the molecule is CCN(CC)C(=O)C(=O)c1ccc(OC)cc1OC. The molecule has 0 N–H and O–H groups in total. The Hall–Kier alpha value is -2.04. The van der Waals surface area contributed by atoms with Crippen LogP contribution in [0.1, 0.15) is 24.2 Å². The highest BCUT2D eigenvalue weighted by atomic mass is 16.5. The predicted octanol–water partition coefficient (Wildman–Crippen LogP) is 1.75. The molecule has 1 aromatic rings. The summed E-state index contributed by atoms with van der Waals surface area (Å²) < 4.78 is 10.2. The Labute approximate surface area is 113 Å². The lowest BCUT2D eigenvalue weighted by atomic mass is 10.1. The van der Waals surface area contributed by atoms with Crippen molar-refractivity contribution >= 4 is 11.7 Å². The van der Waals surface area contributed by atoms with E-state index >= 15 is 0 Å². The monoisotopic (exact) mass is 265 g/mol. The van der Waals surface area contributed by atoms with Gasteiger partial charge in [-0.05, 0) is 26.0 Å². The first-order chi connectivity index (χ1) is 9.08. The van der Waals surface area contributed by atoms with Crippen LogP contribution in [0.4, 0.5) is 0 Å². The number of ether oxygens (including phenoxy) is 2. The molecule has 19 heavy (non-hydrogen) atoms. The number of hydrogen-bond acceptors (Lipinski definition) is 4. The van der Waals surface area contributed by atoms with Gasteiger partial charge in [-0.1, -0.05) is 0 Å². The van der Waals surface area contributed by atoms with E-state index in [0.717, 1.165) is 0 Å². The van der Waals surface area contributed by atoms with E-state index in [9.17, 15) is 9.59 Å². The van der Waals surface area contributed by atoms with Crippen LogP contribution in [0.3, 0.4) is 0 Å². The third-order valence-corrected chi connectivity index (χ3v) is 2.90. The Bertz CT molecular complexity index is 467. The summed E-state index contributed by atoms with van der Waals surface area (Å²) in [6, 6.07) is 4.76. The quantitative estimate of drug-likeness (QED) is 0.581. The first kappa shape index (κ1) is 15.0. The van der Waals surface area contributed by atoms with Gasteiger partial charge in [0, 0.05) is 19.2 Å². The zero-order valence-corrected chi connectivity index (χ0v) is 11.7. The fourth-order valence-electron chi connectivity index (χ4n) is 1.76. The number of likely N-dealkylation sites (N-methyl/N-ethyl adjacent to an activating group) is 1. The fraction of sp³-hybridized carbons (Fsp3) is 0.429. The second-order valence-electron chi connectivity index (χ2n) is 3.87. The van der Waals surface area contributed by atoms with Gasteiger partial charge in [-0.15, -0.1) is 0 Å². The maximum atomic E-state index is 12.2. The number of ketones is 1. The normalized spacial score (nSPS) is 9.89. The molecule has 1 amide bonds. The summed E-state index contributed by atoms with van der Waals surface area (Å²) in [5, 5.41) is 0. The molecule has 104 valence electrons. The lowest BCUT2D eigenvalue weighted by Gasteiger charge is -2.18. The fourth-order valence-corrected chi connectivity index (χ4v) is 1.76. The van der Waals surface area contributed by atoms with Gasteiger partial charge in [0.25, 0.3) is 11.7 Å². The third kappa shape index (κ3) is 3.24. The van der Waals surface area contributed by atoms with Gasteiger partial charge in [0.15, 0.2) is 0 Å². The van der Waals surface area contributed by atoms with Crippen molar-refractivity contribution in [3.05, 3.63) is 23.8 Å². The molecule has 0 saturated carbocycles. The number of nitrogens with zero attached hydrogens (tertiary/aromatic N) is 1. The van der Waals surface area contributed by atoms with Gasteiger partial charge in [0.05, 0.1) is 19.8 Å². The van der Waals surface area contributed by atoms with Crippen molar-refractivity contribution < 1.29 is 19.1 Å². The Morgan fingerprint density at radius 2 is 1.74 bits per heavy atom. The van der Waals surface area contributed by atoms with Crippen molar-refractivity contribution in [3.63, 3.8) is 0 Å². The summed E-state index contributed by atoms with van der Waals surface area (Å²) in [5.41, 5.74) is 0.250. The van der Waals surface area contributed by atoms with Crippen LogP contribution < -0.4 is 9.47 Å². The summed E-state index contributed by atoms with van der Waals surface area (Å²) in [6.45, 7) is 4.67. The van der Waals surface area contributed by atoms with Crippen LogP contribution in [0.15, 0.2) is 18.2 Å². The number of hydrogen-bond donors (Lipinski definition) is 0. The van der Waals surface area contributed by atoms with Crippen LogP contribution in [-0.2, 0) is 4.79 Å². The van der Waals surface area contributed by atoms with Crippen LogP contribution >= 0.6 is 0 Å². The number of amides is 1. The van der Waals surface area contributed by atoms with Crippen molar-refractivity contribution in [1.29, 1.82) is 0 Å². The van der Waals surface area contributed by atoms with Crippen LogP contribution in [0.25, 0.3) is 0 Å². The molecule has 1 aromatic carbocycles. The van der Waals surface area contributed by atoms with Crippen molar-refractivity contribution in [2.24, 2.45) is 0 Å². The van der Waals surface area contributed by atoms with Gasteiger partial charge in [-0.25, -0.2) is 0 Å². The molecule has 0 bridgehead atoms. The first-order valence-corrected chi connectivity index (χ1v) is 6.14. The zero-order chi connectivity index (χ0) is 14.4. The predicted molar refractivity (Wildman–Crippen MR) is 71.8 cm³/mol. The minimum absolute atomic E-state index is 0.250. The lowest BCUT2D eigenvalue weighted by molar-refractivity contribution is -0.126. The minimum atomic E-state index is -0.566. The average Bonchev–Trinajstić information content (AvgIpc) is 2.46. The van der Waals surface area contributed by atoms with E-state index < -0.39 is 11.7 Å². The van der Waals surface area contributed by atoms with E-state index in [1.54, 1.807) is 18.2 Å². The van der Waals surface area contributed by atoms with E-state index in [4.69, 9.17) is 9.47 Å². The zero-order valence-electron chi connectivity index (χ0n) is 11.7. The van der Waals surface area contributed by atoms with Gasteiger partial charge in [0.1, 0.15) is 11.5 Å². The minimum Gasteiger partial charge on any atom is -0.497 e. The molecule has 0 spiro atoms. The number of carbonyl (C=O) groups is 2. The maximum Gasteiger partial charge on any atom is 0.295 e. The molecule has 0 atom stereocenters. The molecule has 0 radical (unpaired) electrons. The molecule has 0 unspecified atom stereocenters. The van der Waals surface area contributed by atoms with Crippen LogP contribution in [0.5, 0.6) is 11.5 Å². The maximum absolute atomic E-state index is 12.2. The molecular formula is C14H19NO4. The molecule has 0 saturated heterocycles.